The second kappa shape index (κ2) is 4.81. The van der Waals surface area contributed by atoms with Crippen LogP contribution in [0.2, 0.25) is 0 Å². The number of β-amino-alcohol motifs (C(OH)–C–C–N with tert-alkyl or cyclic N) is 1. The number of aryl methyl sites for hydroxylation is 1. The molecule has 0 radical (unpaired) electrons. The molecule has 1 aliphatic heterocycles. The number of hydrogen-bond donors (Lipinski definition) is 2. The van der Waals surface area contributed by atoms with Crippen molar-refractivity contribution in [3.05, 3.63) is 29.6 Å². The predicted octanol–water partition coefficient (Wildman–Crippen LogP) is -0.205. The van der Waals surface area contributed by atoms with Gasteiger partial charge in [-0.1, -0.05) is 0 Å². The molecular formula is C12H17N3O2. The summed E-state index contributed by atoms with van der Waals surface area (Å²) in [6.45, 7) is 3.06. The minimum absolute atomic E-state index is 0.103. The first-order chi connectivity index (χ1) is 8.09. The summed E-state index contributed by atoms with van der Waals surface area (Å²) in [6.07, 6.45) is 2.77. The van der Waals surface area contributed by atoms with E-state index in [0.717, 1.165) is 5.56 Å². The summed E-state index contributed by atoms with van der Waals surface area (Å²) in [5, 5.41) is 12.8. The van der Waals surface area contributed by atoms with E-state index in [9.17, 15) is 9.90 Å². The topological polar surface area (TPSA) is 65.5 Å². The van der Waals surface area contributed by atoms with Gasteiger partial charge in [-0.05, 0) is 18.6 Å². The quantitative estimate of drug-likeness (QED) is 0.745. The predicted molar refractivity (Wildman–Crippen MR) is 63.7 cm³/mol. The number of aliphatic hydroxyl groups is 1. The molecule has 0 unspecified atom stereocenters. The lowest BCUT2D eigenvalue weighted by atomic mass is 10.1. The maximum Gasteiger partial charge on any atom is 0.255 e. The average molecular weight is 235 g/mol. The van der Waals surface area contributed by atoms with Gasteiger partial charge >= 0.3 is 0 Å². The van der Waals surface area contributed by atoms with Gasteiger partial charge in [0.2, 0.25) is 0 Å². The fraction of sp³-hybridized carbons (Fsp3) is 0.500. The van der Waals surface area contributed by atoms with E-state index in [-0.39, 0.29) is 11.9 Å². The Morgan fingerprint density at radius 2 is 2.29 bits per heavy atom. The Morgan fingerprint density at radius 1 is 1.53 bits per heavy atom. The van der Waals surface area contributed by atoms with E-state index in [0.29, 0.717) is 18.7 Å². The number of rotatable bonds is 2. The molecule has 0 bridgehead atoms. The zero-order valence-corrected chi connectivity index (χ0v) is 10.1. The van der Waals surface area contributed by atoms with Crippen molar-refractivity contribution in [3.8, 4) is 0 Å². The molecule has 2 heterocycles. The highest BCUT2D eigenvalue weighted by Crippen LogP contribution is 2.12. The summed E-state index contributed by atoms with van der Waals surface area (Å²) in [5.74, 6) is -0.103. The van der Waals surface area contributed by atoms with Crippen molar-refractivity contribution < 1.29 is 9.90 Å². The summed E-state index contributed by atoms with van der Waals surface area (Å²) >= 11 is 0. The molecule has 0 aromatic carbocycles. The Balaban J connectivity index is 2.14. The molecule has 2 atom stereocenters. The van der Waals surface area contributed by atoms with Gasteiger partial charge in [0.05, 0.1) is 17.7 Å². The number of carbonyl (C=O) groups is 1. The lowest BCUT2D eigenvalue weighted by Crippen LogP contribution is -2.44. The van der Waals surface area contributed by atoms with Crippen LogP contribution < -0.4 is 5.32 Å². The Bertz CT molecular complexity index is 422. The third-order valence-corrected chi connectivity index (χ3v) is 3.09. The van der Waals surface area contributed by atoms with E-state index in [4.69, 9.17) is 0 Å². The molecule has 0 aliphatic carbocycles. The number of aromatic nitrogens is 1. The average Bonchev–Trinajstić information content (AvgIpc) is 2.73. The number of hydrogen-bond acceptors (Lipinski definition) is 4. The SMILES string of the molecule is Cc1cncc(C(=O)N(C)[C@@H]2CNC[C@H]2O)c1. The number of amides is 1. The van der Waals surface area contributed by atoms with Gasteiger partial charge in [0, 0.05) is 32.5 Å². The van der Waals surface area contributed by atoms with Crippen molar-refractivity contribution in [1.82, 2.24) is 15.2 Å². The summed E-state index contributed by atoms with van der Waals surface area (Å²) in [5.41, 5.74) is 1.51. The number of aliphatic hydroxyl groups excluding tert-OH is 1. The second-order valence-electron chi connectivity index (χ2n) is 4.46. The minimum atomic E-state index is -0.498. The first kappa shape index (κ1) is 12.0. The van der Waals surface area contributed by atoms with Gasteiger partial charge in [0.15, 0.2) is 0 Å². The van der Waals surface area contributed by atoms with Gasteiger partial charge in [0.25, 0.3) is 5.91 Å². The van der Waals surface area contributed by atoms with Gasteiger partial charge in [-0.2, -0.15) is 0 Å². The van der Waals surface area contributed by atoms with E-state index >= 15 is 0 Å². The van der Waals surface area contributed by atoms with Crippen LogP contribution in [0.5, 0.6) is 0 Å². The Hall–Kier alpha value is -1.46. The fourth-order valence-corrected chi connectivity index (χ4v) is 2.07. The van der Waals surface area contributed by atoms with Crippen molar-refractivity contribution >= 4 is 5.91 Å². The summed E-state index contributed by atoms with van der Waals surface area (Å²) < 4.78 is 0. The second-order valence-corrected chi connectivity index (χ2v) is 4.46. The maximum absolute atomic E-state index is 12.2. The van der Waals surface area contributed by atoms with Crippen LogP contribution in [0.4, 0.5) is 0 Å². The molecule has 0 spiro atoms. The fourth-order valence-electron chi connectivity index (χ4n) is 2.07. The third kappa shape index (κ3) is 2.45. The zero-order valence-electron chi connectivity index (χ0n) is 10.1. The van der Waals surface area contributed by atoms with Crippen LogP contribution in [0.1, 0.15) is 15.9 Å². The van der Waals surface area contributed by atoms with E-state index in [1.54, 1.807) is 30.4 Å². The van der Waals surface area contributed by atoms with Crippen LogP contribution in [0.3, 0.4) is 0 Å². The molecule has 5 heteroatoms. The summed E-state index contributed by atoms with van der Waals surface area (Å²) in [4.78, 5) is 17.8. The van der Waals surface area contributed by atoms with E-state index in [1.165, 1.54) is 0 Å². The smallest absolute Gasteiger partial charge is 0.255 e. The third-order valence-electron chi connectivity index (χ3n) is 3.09. The van der Waals surface area contributed by atoms with Crippen LogP contribution in [-0.2, 0) is 0 Å². The first-order valence-corrected chi connectivity index (χ1v) is 5.67. The van der Waals surface area contributed by atoms with Crippen LogP contribution in [-0.4, -0.2) is 53.2 Å². The molecule has 0 saturated carbocycles. The van der Waals surface area contributed by atoms with Crippen molar-refractivity contribution in [2.75, 3.05) is 20.1 Å². The van der Waals surface area contributed by atoms with Crippen LogP contribution in [0.15, 0.2) is 18.5 Å². The normalized spacial score (nSPS) is 23.7. The molecule has 1 aromatic rings. The number of nitrogens with one attached hydrogen (secondary N) is 1. The van der Waals surface area contributed by atoms with Crippen LogP contribution >= 0.6 is 0 Å². The monoisotopic (exact) mass is 235 g/mol. The molecule has 1 amide bonds. The summed E-state index contributed by atoms with van der Waals surface area (Å²) in [7, 11) is 1.71. The Kier molecular flexibility index (Phi) is 3.40. The van der Waals surface area contributed by atoms with Gasteiger partial charge in [-0.15, -0.1) is 0 Å². The molecule has 1 fully saturated rings. The van der Waals surface area contributed by atoms with E-state index < -0.39 is 6.10 Å². The van der Waals surface area contributed by atoms with Gasteiger partial charge < -0.3 is 15.3 Å². The van der Waals surface area contributed by atoms with Crippen molar-refractivity contribution in [1.29, 1.82) is 0 Å². The van der Waals surface area contributed by atoms with Crippen molar-refractivity contribution in [3.63, 3.8) is 0 Å². The van der Waals surface area contributed by atoms with E-state index in [1.807, 2.05) is 6.92 Å². The highest BCUT2D eigenvalue weighted by atomic mass is 16.3. The number of likely N-dealkylation sites (N-methyl/N-ethyl adjacent to an activating group) is 1. The van der Waals surface area contributed by atoms with Crippen LogP contribution in [0, 0.1) is 6.92 Å². The molecule has 2 N–H and O–H groups in total. The van der Waals surface area contributed by atoms with Crippen molar-refractivity contribution in [2.45, 2.75) is 19.1 Å². The molecule has 1 saturated heterocycles. The standard InChI is InChI=1S/C12H17N3O2/c1-8-3-9(5-13-4-8)12(17)15(2)10-6-14-7-11(10)16/h3-5,10-11,14,16H,6-7H2,1-2H3/t10-,11-/m1/s1. The highest BCUT2D eigenvalue weighted by molar-refractivity contribution is 5.94. The Labute approximate surface area is 100 Å². The zero-order chi connectivity index (χ0) is 12.4. The number of carbonyl (C=O) groups excluding carboxylic acids is 1. The molecule has 5 nitrogen and oxygen atoms in total. The molecule has 1 aliphatic rings. The lowest BCUT2D eigenvalue weighted by molar-refractivity contribution is 0.0580. The molecular weight excluding hydrogens is 218 g/mol. The Morgan fingerprint density at radius 3 is 2.88 bits per heavy atom. The maximum atomic E-state index is 12.2. The van der Waals surface area contributed by atoms with Crippen LogP contribution in [0.25, 0.3) is 0 Å². The first-order valence-electron chi connectivity index (χ1n) is 5.67. The van der Waals surface area contributed by atoms with Gasteiger partial charge in [0.1, 0.15) is 0 Å². The molecule has 92 valence electrons. The lowest BCUT2D eigenvalue weighted by Gasteiger charge is -2.26. The largest absolute Gasteiger partial charge is 0.390 e. The van der Waals surface area contributed by atoms with Gasteiger partial charge in [-0.25, -0.2) is 0 Å². The highest BCUT2D eigenvalue weighted by Gasteiger charge is 2.31. The molecule has 17 heavy (non-hydrogen) atoms. The number of nitrogens with zero attached hydrogens (tertiary/aromatic N) is 2. The summed E-state index contributed by atoms with van der Waals surface area (Å²) in [6, 6.07) is 1.64. The van der Waals surface area contributed by atoms with E-state index in [2.05, 4.69) is 10.3 Å². The van der Waals surface area contributed by atoms with Crippen molar-refractivity contribution in [2.24, 2.45) is 0 Å². The molecule has 1 aromatic heterocycles. The molecule has 2 rings (SSSR count). The number of pyridine rings is 1. The van der Waals surface area contributed by atoms with Gasteiger partial charge in [-0.3, -0.25) is 9.78 Å². The minimum Gasteiger partial charge on any atom is -0.390 e.